The monoisotopic (exact) mass is 374 g/mol. The van der Waals surface area contributed by atoms with E-state index in [-0.39, 0.29) is 23.2 Å². The topological polar surface area (TPSA) is 78.7 Å². The molecule has 0 radical (unpaired) electrons. The van der Waals surface area contributed by atoms with Gasteiger partial charge in [0.15, 0.2) is 0 Å². The van der Waals surface area contributed by atoms with Crippen LogP contribution in [0, 0.1) is 10.1 Å². The zero-order chi connectivity index (χ0) is 18.5. The van der Waals surface area contributed by atoms with Gasteiger partial charge in [-0.15, -0.1) is 0 Å². The highest BCUT2D eigenvalue weighted by Gasteiger charge is 2.20. The standard InChI is InChI=1S/C18H19ClN4O3/c19-16-7-6-14(12-17(16)23(25)26)20-18(24)13-21-8-10-22(11-9-21)15-4-2-1-3-5-15/h1-7,12H,8-11,13H2,(H,20,24). The van der Waals surface area contributed by atoms with Crippen molar-refractivity contribution in [2.75, 3.05) is 42.9 Å². The lowest BCUT2D eigenvalue weighted by molar-refractivity contribution is -0.384. The van der Waals surface area contributed by atoms with Crippen LogP contribution in [0.1, 0.15) is 0 Å². The first-order valence-corrected chi connectivity index (χ1v) is 8.67. The molecular formula is C18H19ClN4O3. The summed E-state index contributed by atoms with van der Waals surface area (Å²) < 4.78 is 0. The maximum Gasteiger partial charge on any atom is 0.289 e. The number of halogens is 1. The first-order valence-electron chi connectivity index (χ1n) is 8.29. The van der Waals surface area contributed by atoms with Gasteiger partial charge in [-0.2, -0.15) is 0 Å². The molecule has 3 rings (SSSR count). The van der Waals surface area contributed by atoms with E-state index >= 15 is 0 Å². The van der Waals surface area contributed by atoms with E-state index in [1.54, 1.807) is 6.07 Å². The number of nitro groups is 1. The number of hydrogen-bond donors (Lipinski definition) is 1. The Bertz CT molecular complexity index is 792. The smallest absolute Gasteiger partial charge is 0.289 e. The zero-order valence-electron chi connectivity index (χ0n) is 14.1. The average Bonchev–Trinajstić information content (AvgIpc) is 2.64. The molecule has 136 valence electrons. The van der Waals surface area contributed by atoms with Crippen LogP contribution in [0.25, 0.3) is 0 Å². The second-order valence-electron chi connectivity index (χ2n) is 6.07. The molecule has 0 spiro atoms. The van der Waals surface area contributed by atoms with Gasteiger partial charge in [-0.1, -0.05) is 29.8 Å². The lowest BCUT2D eigenvalue weighted by Gasteiger charge is -2.35. The molecule has 8 heteroatoms. The Morgan fingerprint density at radius 2 is 1.81 bits per heavy atom. The Kier molecular flexibility index (Phi) is 5.70. The fourth-order valence-electron chi connectivity index (χ4n) is 2.94. The number of nitro benzene ring substituents is 1. The Morgan fingerprint density at radius 3 is 2.46 bits per heavy atom. The molecule has 1 amide bonds. The van der Waals surface area contributed by atoms with Gasteiger partial charge < -0.3 is 10.2 Å². The van der Waals surface area contributed by atoms with E-state index in [0.717, 1.165) is 26.2 Å². The van der Waals surface area contributed by atoms with Gasteiger partial charge >= 0.3 is 0 Å². The Morgan fingerprint density at radius 1 is 1.12 bits per heavy atom. The second kappa shape index (κ2) is 8.16. The van der Waals surface area contributed by atoms with Crippen LogP contribution in [0.3, 0.4) is 0 Å². The summed E-state index contributed by atoms with van der Waals surface area (Å²) in [6.07, 6.45) is 0. The fraction of sp³-hybridized carbons (Fsp3) is 0.278. The van der Waals surface area contributed by atoms with E-state index in [0.29, 0.717) is 5.69 Å². The highest BCUT2D eigenvalue weighted by Crippen LogP contribution is 2.27. The van der Waals surface area contributed by atoms with Crippen LogP contribution >= 0.6 is 11.6 Å². The molecule has 1 aliphatic heterocycles. The molecule has 2 aromatic carbocycles. The largest absolute Gasteiger partial charge is 0.369 e. The molecule has 0 unspecified atom stereocenters. The first-order chi connectivity index (χ1) is 12.5. The Balaban J connectivity index is 1.52. The molecule has 26 heavy (non-hydrogen) atoms. The lowest BCUT2D eigenvalue weighted by Crippen LogP contribution is -2.48. The number of piperazine rings is 1. The SMILES string of the molecule is O=C(CN1CCN(c2ccccc2)CC1)Nc1ccc(Cl)c([N+](=O)[O-])c1. The van der Waals surface area contributed by atoms with Gasteiger partial charge in [-0.3, -0.25) is 19.8 Å². The molecule has 0 bridgehead atoms. The molecule has 1 heterocycles. The predicted octanol–water partition coefficient (Wildman–Crippen LogP) is 3.01. The van der Waals surface area contributed by atoms with Gasteiger partial charge in [0, 0.05) is 43.6 Å². The number of carbonyl (C=O) groups is 1. The summed E-state index contributed by atoms with van der Waals surface area (Å²) in [5.41, 5.74) is 1.33. The van der Waals surface area contributed by atoms with Crippen LogP contribution in [-0.4, -0.2) is 48.5 Å². The van der Waals surface area contributed by atoms with Crippen LogP contribution in [0.2, 0.25) is 5.02 Å². The highest BCUT2D eigenvalue weighted by atomic mass is 35.5. The maximum atomic E-state index is 12.2. The molecule has 0 aromatic heterocycles. The third-order valence-corrected chi connectivity index (χ3v) is 4.61. The van der Waals surface area contributed by atoms with E-state index in [1.165, 1.54) is 17.8 Å². The van der Waals surface area contributed by atoms with Crippen molar-refractivity contribution in [3.63, 3.8) is 0 Å². The summed E-state index contributed by atoms with van der Waals surface area (Å²) in [6.45, 7) is 3.51. The molecule has 1 saturated heterocycles. The molecule has 1 aliphatic rings. The van der Waals surface area contributed by atoms with Gasteiger partial charge in [0.25, 0.3) is 5.69 Å². The molecule has 0 atom stereocenters. The Labute approximate surface area is 156 Å². The quantitative estimate of drug-likeness (QED) is 0.643. The van der Waals surface area contributed by atoms with Crippen molar-refractivity contribution in [3.05, 3.63) is 63.7 Å². The molecule has 0 aliphatic carbocycles. The normalized spacial score (nSPS) is 14.9. The lowest BCUT2D eigenvalue weighted by atomic mass is 10.2. The number of anilines is 2. The van der Waals surface area contributed by atoms with Crippen molar-refractivity contribution in [1.82, 2.24) is 4.90 Å². The average molecular weight is 375 g/mol. The summed E-state index contributed by atoms with van der Waals surface area (Å²) in [7, 11) is 0. The number of hydrogen-bond acceptors (Lipinski definition) is 5. The van der Waals surface area contributed by atoms with Crippen molar-refractivity contribution in [2.45, 2.75) is 0 Å². The summed E-state index contributed by atoms with van der Waals surface area (Å²) in [5, 5.41) is 13.7. The van der Waals surface area contributed by atoms with E-state index in [4.69, 9.17) is 11.6 Å². The molecule has 7 nitrogen and oxygen atoms in total. The Hall–Kier alpha value is -2.64. The minimum Gasteiger partial charge on any atom is -0.369 e. The zero-order valence-corrected chi connectivity index (χ0v) is 14.9. The summed E-state index contributed by atoms with van der Waals surface area (Å²) in [4.78, 5) is 26.9. The molecule has 1 fully saturated rings. The van der Waals surface area contributed by atoms with Gasteiger partial charge in [-0.25, -0.2) is 0 Å². The van der Waals surface area contributed by atoms with Crippen LogP contribution < -0.4 is 10.2 Å². The predicted molar refractivity (Wildman–Crippen MR) is 102 cm³/mol. The number of nitrogens with zero attached hydrogens (tertiary/aromatic N) is 3. The molecular weight excluding hydrogens is 356 g/mol. The summed E-state index contributed by atoms with van der Waals surface area (Å²) in [6, 6.07) is 14.4. The van der Waals surface area contributed by atoms with E-state index < -0.39 is 4.92 Å². The van der Waals surface area contributed by atoms with Gasteiger partial charge in [0.2, 0.25) is 5.91 Å². The van der Waals surface area contributed by atoms with E-state index in [9.17, 15) is 14.9 Å². The first kappa shape index (κ1) is 18.2. The minimum atomic E-state index is -0.569. The summed E-state index contributed by atoms with van der Waals surface area (Å²) >= 11 is 5.78. The van der Waals surface area contributed by atoms with Crippen molar-refractivity contribution < 1.29 is 9.72 Å². The van der Waals surface area contributed by atoms with E-state index in [2.05, 4.69) is 27.2 Å². The number of benzene rings is 2. The third-order valence-electron chi connectivity index (χ3n) is 4.29. The number of carbonyl (C=O) groups excluding carboxylic acids is 1. The number of rotatable bonds is 5. The molecule has 1 N–H and O–H groups in total. The van der Waals surface area contributed by atoms with Gasteiger partial charge in [0.05, 0.1) is 11.5 Å². The van der Waals surface area contributed by atoms with E-state index in [1.807, 2.05) is 18.2 Å². The van der Waals surface area contributed by atoms with Crippen LogP contribution in [-0.2, 0) is 4.79 Å². The van der Waals surface area contributed by atoms with Gasteiger partial charge in [-0.05, 0) is 24.3 Å². The third kappa shape index (κ3) is 4.50. The molecule has 0 saturated carbocycles. The van der Waals surface area contributed by atoms with Crippen molar-refractivity contribution in [1.29, 1.82) is 0 Å². The molecule has 2 aromatic rings. The number of nitrogens with one attached hydrogen (secondary N) is 1. The fourth-order valence-corrected chi connectivity index (χ4v) is 3.12. The van der Waals surface area contributed by atoms with Crippen molar-refractivity contribution in [2.24, 2.45) is 0 Å². The number of para-hydroxylation sites is 1. The van der Waals surface area contributed by atoms with Crippen LogP contribution in [0.15, 0.2) is 48.5 Å². The van der Waals surface area contributed by atoms with Crippen molar-refractivity contribution in [3.8, 4) is 0 Å². The van der Waals surface area contributed by atoms with Gasteiger partial charge in [0.1, 0.15) is 5.02 Å². The van der Waals surface area contributed by atoms with Crippen LogP contribution in [0.4, 0.5) is 17.1 Å². The summed E-state index contributed by atoms with van der Waals surface area (Å²) in [5.74, 6) is -0.199. The minimum absolute atomic E-state index is 0.0463. The maximum absolute atomic E-state index is 12.2. The van der Waals surface area contributed by atoms with Crippen LogP contribution in [0.5, 0.6) is 0 Å². The number of amides is 1. The highest BCUT2D eigenvalue weighted by molar-refractivity contribution is 6.32. The van der Waals surface area contributed by atoms with Crippen molar-refractivity contribution >= 4 is 34.6 Å². The second-order valence-corrected chi connectivity index (χ2v) is 6.48.